The Labute approximate surface area is 107 Å². The van der Waals surface area contributed by atoms with Crippen LogP contribution in [0, 0.1) is 6.92 Å². The van der Waals surface area contributed by atoms with Crippen LogP contribution in [0.4, 0.5) is 0 Å². The van der Waals surface area contributed by atoms with Crippen molar-refractivity contribution in [2.45, 2.75) is 6.92 Å². The second-order valence-corrected chi connectivity index (χ2v) is 4.63. The van der Waals surface area contributed by atoms with Crippen LogP contribution in [0.1, 0.15) is 5.56 Å². The molecule has 2 rings (SSSR count). The van der Waals surface area contributed by atoms with Crippen LogP contribution in [0.25, 0.3) is 0 Å². The van der Waals surface area contributed by atoms with Gasteiger partial charge in [0.15, 0.2) is 0 Å². The van der Waals surface area contributed by atoms with Crippen molar-refractivity contribution >= 4 is 27.5 Å². The van der Waals surface area contributed by atoms with Crippen molar-refractivity contribution in [3.05, 3.63) is 51.6 Å². The molecule has 1 heterocycles. The molecular weight excluding hydrogens is 289 g/mol. The van der Waals surface area contributed by atoms with Gasteiger partial charge in [-0.15, -0.1) is 0 Å². The van der Waals surface area contributed by atoms with Crippen LogP contribution in [0.5, 0.6) is 11.6 Å². The van der Waals surface area contributed by atoms with Gasteiger partial charge in [0.25, 0.3) is 0 Å². The number of nitrogens with zero attached hydrogens (tertiary/aromatic N) is 1. The highest BCUT2D eigenvalue weighted by Gasteiger charge is 2.06. The summed E-state index contributed by atoms with van der Waals surface area (Å²) < 4.78 is 6.56. The summed E-state index contributed by atoms with van der Waals surface area (Å²) in [5.74, 6) is 1.17. The minimum Gasteiger partial charge on any atom is -0.437 e. The number of hydrogen-bond acceptors (Lipinski definition) is 2. The second-order valence-electron chi connectivity index (χ2n) is 3.30. The van der Waals surface area contributed by atoms with Gasteiger partial charge in [-0.3, -0.25) is 0 Å². The number of hydrogen-bond donors (Lipinski definition) is 0. The Hall–Kier alpha value is -1.06. The lowest BCUT2D eigenvalue weighted by Crippen LogP contribution is -1.91. The van der Waals surface area contributed by atoms with Gasteiger partial charge >= 0.3 is 0 Å². The van der Waals surface area contributed by atoms with Crippen molar-refractivity contribution in [3.8, 4) is 11.6 Å². The standard InChI is InChI=1S/C12H9BrClNO/c1-8-3-2-6-15-12(8)16-11-7-9(13)4-5-10(11)14/h2-7H,1H3. The quantitative estimate of drug-likeness (QED) is 0.808. The van der Waals surface area contributed by atoms with Gasteiger partial charge in [-0.1, -0.05) is 33.6 Å². The van der Waals surface area contributed by atoms with Gasteiger partial charge in [0, 0.05) is 16.2 Å². The minimum atomic E-state index is 0.563. The van der Waals surface area contributed by atoms with E-state index in [1.807, 2.05) is 31.2 Å². The molecule has 0 aliphatic carbocycles. The van der Waals surface area contributed by atoms with E-state index < -0.39 is 0 Å². The number of halogens is 2. The number of aryl methyl sites for hydroxylation is 1. The van der Waals surface area contributed by atoms with Crippen LogP contribution in [0.3, 0.4) is 0 Å². The molecule has 16 heavy (non-hydrogen) atoms. The molecule has 0 bridgehead atoms. The fourth-order valence-electron chi connectivity index (χ4n) is 1.24. The molecule has 0 saturated heterocycles. The van der Waals surface area contributed by atoms with Gasteiger partial charge in [-0.2, -0.15) is 0 Å². The molecule has 0 unspecified atom stereocenters. The monoisotopic (exact) mass is 297 g/mol. The Kier molecular flexibility index (Phi) is 3.46. The maximum Gasteiger partial charge on any atom is 0.222 e. The van der Waals surface area contributed by atoms with Gasteiger partial charge in [0.1, 0.15) is 5.75 Å². The van der Waals surface area contributed by atoms with Crippen LogP contribution < -0.4 is 4.74 Å². The first-order valence-corrected chi connectivity index (χ1v) is 5.88. The van der Waals surface area contributed by atoms with E-state index in [-0.39, 0.29) is 0 Å². The van der Waals surface area contributed by atoms with E-state index in [1.54, 1.807) is 12.3 Å². The molecular formula is C12H9BrClNO. The van der Waals surface area contributed by atoms with Crippen molar-refractivity contribution < 1.29 is 4.74 Å². The number of aromatic nitrogens is 1. The van der Waals surface area contributed by atoms with E-state index in [1.165, 1.54) is 0 Å². The first-order chi connectivity index (χ1) is 7.66. The Morgan fingerprint density at radius 1 is 1.31 bits per heavy atom. The Bertz CT molecular complexity index is 516. The van der Waals surface area contributed by atoms with E-state index in [0.29, 0.717) is 16.7 Å². The zero-order valence-electron chi connectivity index (χ0n) is 8.58. The minimum absolute atomic E-state index is 0.563. The third-order valence-electron chi connectivity index (χ3n) is 2.06. The molecule has 0 fully saturated rings. The zero-order valence-corrected chi connectivity index (χ0v) is 10.9. The highest BCUT2D eigenvalue weighted by molar-refractivity contribution is 9.10. The van der Waals surface area contributed by atoms with Gasteiger partial charge in [0.2, 0.25) is 5.88 Å². The Morgan fingerprint density at radius 2 is 2.12 bits per heavy atom. The summed E-state index contributed by atoms with van der Waals surface area (Å²) in [7, 11) is 0. The predicted molar refractivity (Wildman–Crippen MR) is 68.2 cm³/mol. The molecule has 82 valence electrons. The number of ether oxygens (including phenoxy) is 1. The van der Waals surface area contributed by atoms with Gasteiger partial charge in [-0.25, -0.2) is 4.98 Å². The summed E-state index contributed by atoms with van der Waals surface area (Å²) in [4.78, 5) is 4.15. The largest absolute Gasteiger partial charge is 0.437 e. The molecule has 0 atom stereocenters. The summed E-state index contributed by atoms with van der Waals surface area (Å²) >= 11 is 9.39. The van der Waals surface area contributed by atoms with Crippen LogP contribution in [0.2, 0.25) is 5.02 Å². The number of rotatable bonds is 2. The average molecular weight is 299 g/mol. The zero-order chi connectivity index (χ0) is 11.5. The SMILES string of the molecule is Cc1cccnc1Oc1cc(Br)ccc1Cl. The summed E-state index contributed by atoms with van der Waals surface area (Å²) in [6.07, 6.45) is 1.69. The van der Waals surface area contributed by atoms with Crippen molar-refractivity contribution in [1.29, 1.82) is 0 Å². The van der Waals surface area contributed by atoms with Crippen LogP contribution >= 0.6 is 27.5 Å². The fraction of sp³-hybridized carbons (Fsp3) is 0.0833. The average Bonchev–Trinajstić information content (AvgIpc) is 2.27. The lowest BCUT2D eigenvalue weighted by Gasteiger charge is -2.08. The van der Waals surface area contributed by atoms with Gasteiger partial charge in [-0.05, 0) is 31.2 Å². The van der Waals surface area contributed by atoms with E-state index in [4.69, 9.17) is 16.3 Å². The molecule has 0 aliphatic rings. The van der Waals surface area contributed by atoms with Gasteiger partial charge in [0.05, 0.1) is 5.02 Å². The number of pyridine rings is 1. The lowest BCUT2D eigenvalue weighted by molar-refractivity contribution is 0.459. The van der Waals surface area contributed by atoms with Crippen LogP contribution in [-0.2, 0) is 0 Å². The van der Waals surface area contributed by atoms with E-state index in [2.05, 4.69) is 20.9 Å². The normalized spacial score (nSPS) is 10.2. The predicted octanol–water partition coefficient (Wildman–Crippen LogP) is 4.60. The summed E-state index contributed by atoms with van der Waals surface area (Å²) in [5, 5.41) is 0.563. The molecule has 1 aromatic carbocycles. The number of benzene rings is 1. The van der Waals surface area contributed by atoms with Crippen molar-refractivity contribution in [2.75, 3.05) is 0 Å². The van der Waals surface area contributed by atoms with Crippen molar-refractivity contribution in [3.63, 3.8) is 0 Å². The van der Waals surface area contributed by atoms with Crippen molar-refractivity contribution in [1.82, 2.24) is 4.98 Å². The topological polar surface area (TPSA) is 22.1 Å². The molecule has 0 radical (unpaired) electrons. The summed E-state index contributed by atoms with van der Waals surface area (Å²) in [5.41, 5.74) is 0.971. The van der Waals surface area contributed by atoms with Gasteiger partial charge < -0.3 is 4.74 Å². The molecule has 0 amide bonds. The highest BCUT2D eigenvalue weighted by Crippen LogP contribution is 2.32. The van der Waals surface area contributed by atoms with Crippen molar-refractivity contribution in [2.24, 2.45) is 0 Å². The molecule has 2 aromatic rings. The smallest absolute Gasteiger partial charge is 0.222 e. The summed E-state index contributed by atoms with van der Waals surface area (Å²) in [6.45, 7) is 1.94. The van der Waals surface area contributed by atoms with Crippen LogP contribution in [-0.4, -0.2) is 4.98 Å². The molecule has 1 aromatic heterocycles. The van der Waals surface area contributed by atoms with Crippen LogP contribution in [0.15, 0.2) is 41.0 Å². The first kappa shape index (κ1) is 11.4. The third kappa shape index (κ3) is 2.54. The molecule has 0 N–H and O–H groups in total. The Balaban J connectivity index is 2.34. The fourth-order valence-corrected chi connectivity index (χ4v) is 1.73. The molecule has 0 aliphatic heterocycles. The maximum atomic E-state index is 6.02. The van der Waals surface area contributed by atoms with E-state index in [0.717, 1.165) is 10.0 Å². The second kappa shape index (κ2) is 4.85. The molecule has 0 spiro atoms. The first-order valence-electron chi connectivity index (χ1n) is 4.71. The molecule has 2 nitrogen and oxygen atoms in total. The molecule has 4 heteroatoms. The summed E-state index contributed by atoms with van der Waals surface area (Å²) in [6, 6.07) is 9.26. The third-order valence-corrected chi connectivity index (χ3v) is 2.87. The highest BCUT2D eigenvalue weighted by atomic mass is 79.9. The van der Waals surface area contributed by atoms with E-state index >= 15 is 0 Å². The lowest BCUT2D eigenvalue weighted by atomic mass is 10.3. The Morgan fingerprint density at radius 3 is 2.88 bits per heavy atom. The molecule has 0 saturated carbocycles. The maximum absolute atomic E-state index is 6.02. The van der Waals surface area contributed by atoms with E-state index in [9.17, 15) is 0 Å².